The van der Waals surface area contributed by atoms with Crippen LogP contribution in [0.5, 0.6) is 0 Å². The molecule has 2 aliphatic carbocycles. The van der Waals surface area contributed by atoms with Crippen molar-refractivity contribution in [2.75, 3.05) is 19.6 Å². The van der Waals surface area contributed by atoms with Crippen LogP contribution >= 0.6 is 0 Å². The van der Waals surface area contributed by atoms with E-state index in [9.17, 15) is 9.59 Å². The average molecular weight is 314 g/mol. The number of carboxylic acids is 1. The van der Waals surface area contributed by atoms with Crippen LogP contribution in [0.1, 0.15) is 29.9 Å². The minimum Gasteiger partial charge on any atom is -0.481 e. The molecular formula is C18H22N2O3. The molecule has 4 atom stereocenters. The molecule has 2 amide bonds. The number of benzene rings is 1. The lowest BCUT2D eigenvalue weighted by molar-refractivity contribution is -0.143. The molecule has 1 saturated carbocycles. The third-order valence-electron chi connectivity index (χ3n) is 5.75. The van der Waals surface area contributed by atoms with E-state index in [1.807, 2.05) is 0 Å². The highest BCUT2D eigenvalue weighted by Gasteiger charge is 2.55. The van der Waals surface area contributed by atoms with Gasteiger partial charge in [-0.25, -0.2) is 4.79 Å². The van der Waals surface area contributed by atoms with Gasteiger partial charge in [-0.05, 0) is 48.1 Å². The van der Waals surface area contributed by atoms with Gasteiger partial charge in [-0.2, -0.15) is 0 Å². The van der Waals surface area contributed by atoms with Gasteiger partial charge >= 0.3 is 12.0 Å². The second kappa shape index (κ2) is 5.55. The fourth-order valence-electron chi connectivity index (χ4n) is 4.44. The van der Waals surface area contributed by atoms with Crippen molar-refractivity contribution in [3.05, 3.63) is 35.4 Å². The molecule has 1 aromatic rings. The molecular weight excluding hydrogens is 292 g/mol. The molecule has 0 aromatic heterocycles. The van der Waals surface area contributed by atoms with Gasteiger partial charge in [0.25, 0.3) is 0 Å². The van der Waals surface area contributed by atoms with Crippen LogP contribution in [0.15, 0.2) is 24.3 Å². The largest absolute Gasteiger partial charge is 0.481 e. The monoisotopic (exact) mass is 314 g/mol. The van der Waals surface area contributed by atoms with Crippen molar-refractivity contribution in [2.45, 2.75) is 25.2 Å². The number of carbonyl (C=O) groups excluding carboxylic acids is 1. The highest BCUT2D eigenvalue weighted by Crippen LogP contribution is 2.60. The number of carboxylic acid groups (broad SMARTS) is 1. The quantitative estimate of drug-likeness (QED) is 0.897. The first-order chi connectivity index (χ1) is 11.1. The Morgan fingerprint density at radius 2 is 2.13 bits per heavy atom. The molecule has 5 nitrogen and oxygen atoms in total. The van der Waals surface area contributed by atoms with E-state index in [0.29, 0.717) is 43.8 Å². The lowest BCUT2D eigenvalue weighted by Crippen LogP contribution is -2.47. The Balaban J connectivity index is 1.30. The SMILES string of the molecule is O=C(O)C1CCCN(C(=O)NCC2C3Cc4ccccc4C23)C1. The number of aliphatic carboxylic acids is 1. The Kier molecular flexibility index (Phi) is 3.51. The highest BCUT2D eigenvalue weighted by molar-refractivity contribution is 5.76. The second-order valence-electron chi connectivity index (χ2n) is 7.07. The average Bonchev–Trinajstić information content (AvgIpc) is 3.11. The van der Waals surface area contributed by atoms with Crippen LogP contribution in [0, 0.1) is 17.8 Å². The maximum absolute atomic E-state index is 12.3. The summed E-state index contributed by atoms with van der Waals surface area (Å²) in [5, 5.41) is 12.1. The van der Waals surface area contributed by atoms with Gasteiger partial charge in [-0.1, -0.05) is 24.3 Å². The van der Waals surface area contributed by atoms with Gasteiger partial charge in [0, 0.05) is 19.6 Å². The molecule has 122 valence electrons. The minimum absolute atomic E-state index is 0.103. The first kappa shape index (κ1) is 14.5. The molecule has 3 aliphatic rings. The third kappa shape index (κ3) is 2.58. The van der Waals surface area contributed by atoms with Gasteiger partial charge in [0.2, 0.25) is 0 Å². The second-order valence-corrected chi connectivity index (χ2v) is 7.07. The molecule has 4 unspecified atom stereocenters. The smallest absolute Gasteiger partial charge is 0.317 e. The first-order valence-electron chi connectivity index (χ1n) is 8.48. The van der Waals surface area contributed by atoms with Crippen LogP contribution < -0.4 is 5.32 Å². The van der Waals surface area contributed by atoms with E-state index < -0.39 is 11.9 Å². The molecule has 0 radical (unpaired) electrons. The summed E-state index contributed by atoms with van der Waals surface area (Å²) in [6.45, 7) is 1.70. The molecule has 1 aromatic carbocycles. The van der Waals surface area contributed by atoms with E-state index in [0.717, 1.165) is 12.8 Å². The molecule has 4 rings (SSSR count). The lowest BCUT2D eigenvalue weighted by Gasteiger charge is -2.30. The van der Waals surface area contributed by atoms with Gasteiger partial charge in [0.15, 0.2) is 0 Å². The summed E-state index contributed by atoms with van der Waals surface area (Å²) < 4.78 is 0. The van der Waals surface area contributed by atoms with E-state index >= 15 is 0 Å². The zero-order chi connectivity index (χ0) is 16.0. The summed E-state index contributed by atoms with van der Waals surface area (Å²) in [5.74, 6) is 0.631. The molecule has 1 saturated heterocycles. The summed E-state index contributed by atoms with van der Waals surface area (Å²) in [7, 11) is 0. The molecule has 0 bridgehead atoms. The van der Waals surface area contributed by atoms with E-state index in [1.54, 1.807) is 4.90 Å². The van der Waals surface area contributed by atoms with Crippen molar-refractivity contribution in [1.29, 1.82) is 0 Å². The van der Waals surface area contributed by atoms with Crippen LogP contribution in [-0.2, 0) is 11.2 Å². The Morgan fingerprint density at radius 1 is 1.30 bits per heavy atom. The molecule has 1 aliphatic heterocycles. The number of fused-ring (bicyclic) bond motifs is 3. The van der Waals surface area contributed by atoms with Crippen molar-refractivity contribution in [3.8, 4) is 0 Å². The van der Waals surface area contributed by atoms with Crippen LogP contribution in [0.4, 0.5) is 4.79 Å². The maximum atomic E-state index is 12.3. The Morgan fingerprint density at radius 3 is 2.96 bits per heavy atom. The molecule has 2 N–H and O–H groups in total. The zero-order valence-corrected chi connectivity index (χ0v) is 13.1. The van der Waals surface area contributed by atoms with Crippen molar-refractivity contribution < 1.29 is 14.7 Å². The number of urea groups is 1. The van der Waals surface area contributed by atoms with Gasteiger partial charge in [0.1, 0.15) is 0 Å². The number of carbonyl (C=O) groups is 2. The van der Waals surface area contributed by atoms with Gasteiger partial charge in [0.05, 0.1) is 5.92 Å². The van der Waals surface area contributed by atoms with Crippen LogP contribution in [0.25, 0.3) is 0 Å². The van der Waals surface area contributed by atoms with Crippen molar-refractivity contribution in [2.24, 2.45) is 17.8 Å². The topological polar surface area (TPSA) is 69.6 Å². The Bertz CT molecular complexity index is 645. The lowest BCUT2D eigenvalue weighted by atomic mass is 9.99. The molecule has 0 spiro atoms. The Hall–Kier alpha value is -2.04. The standard InChI is InChI=1S/C18H22N2O3/c21-17(22)12-5-3-7-20(10-12)18(23)19-9-15-14-8-11-4-1-2-6-13(11)16(14)15/h1-2,4,6,12,14-16H,3,5,7-10H2,(H,19,23)(H,21,22). The zero-order valence-electron chi connectivity index (χ0n) is 13.1. The Labute approximate surface area is 135 Å². The molecule has 23 heavy (non-hydrogen) atoms. The number of nitrogens with one attached hydrogen (secondary N) is 1. The molecule has 5 heteroatoms. The van der Waals surface area contributed by atoms with Crippen molar-refractivity contribution in [3.63, 3.8) is 0 Å². The summed E-state index contributed by atoms with van der Waals surface area (Å²) in [4.78, 5) is 25.0. The number of amides is 2. The first-order valence-corrected chi connectivity index (χ1v) is 8.48. The number of hydrogen-bond acceptors (Lipinski definition) is 2. The summed E-state index contributed by atoms with van der Waals surface area (Å²) >= 11 is 0. The summed E-state index contributed by atoms with van der Waals surface area (Å²) in [5.41, 5.74) is 2.92. The van der Waals surface area contributed by atoms with Gasteiger partial charge < -0.3 is 15.3 Å². The predicted octanol–water partition coefficient (Wildman–Crippen LogP) is 2.08. The van der Waals surface area contributed by atoms with E-state index in [1.165, 1.54) is 11.1 Å². The van der Waals surface area contributed by atoms with Crippen molar-refractivity contribution >= 4 is 12.0 Å². The summed E-state index contributed by atoms with van der Waals surface area (Å²) in [6, 6.07) is 8.50. The van der Waals surface area contributed by atoms with E-state index in [2.05, 4.69) is 29.6 Å². The third-order valence-corrected chi connectivity index (χ3v) is 5.75. The number of likely N-dealkylation sites (tertiary alicyclic amines) is 1. The number of hydrogen-bond donors (Lipinski definition) is 2. The highest BCUT2D eigenvalue weighted by atomic mass is 16.4. The van der Waals surface area contributed by atoms with Crippen molar-refractivity contribution in [1.82, 2.24) is 10.2 Å². The van der Waals surface area contributed by atoms with Crippen LogP contribution in [0.3, 0.4) is 0 Å². The fraction of sp³-hybridized carbons (Fsp3) is 0.556. The van der Waals surface area contributed by atoms with Gasteiger partial charge in [-0.15, -0.1) is 0 Å². The maximum Gasteiger partial charge on any atom is 0.317 e. The van der Waals surface area contributed by atoms with E-state index in [-0.39, 0.29) is 6.03 Å². The number of piperidine rings is 1. The van der Waals surface area contributed by atoms with Crippen LogP contribution in [0.2, 0.25) is 0 Å². The minimum atomic E-state index is -0.796. The summed E-state index contributed by atoms with van der Waals surface area (Å²) in [6.07, 6.45) is 2.57. The van der Waals surface area contributed by atoms with Gasteiger partial charge in [-0.3, -0.25) is 4.79 Å². The number of nitrogens with zero attached hydrogens (tertiary/aromatic N) is 1. The molecule has 1 heterocycles. The van der Waals surface area contributed by atoms with Crippen LogP contribution in [-0.4, -0.2) is 41.6 Å². The predicted molar refractivity (Wildman–Crippen MR) is 85.2 cm³/mol. The normalized spacial score (nSPS) is 31.2. The molecule has 2 fully saturated rings. The fourth-order valence-corrected chi connectivity index (χ4v) is 4.44. The number of rotatable bonds is 3. The van der Waals surface area contributed by atoms with E-state index in [4.69, 9.17) is 5.11 Å².